The second-order valence-electron chi connectivity index (χ2n) is 6.83. The topological polar surface area (TPSA) is 63.2 Å². The molecule has 2 N–H and O–H groups in total. The Morgan fingerprint density at radius 1 is 1.12 bits per heavy atom. The van der Waals surface area contributed by atoms with E-state index in [1.54, 1.807) is 6.20 Å². The summed E-state index contributed by atoms with van der Waals surface area (Å²) < 4.78 is 6.06. The van der Waals surface area contributed by atoms with E-state index in [1.807, 2.05) is 42.5 Å². The van der Waals surface area contributed by atoms with Gasteiger partial charge in [-0.15, -0.1) is 12.4 Å². The van der Waals surface area contributed by atoms with Crippen molar-refractivity contribution in [2.24, 2.45) is 0 Å². The minimum absolute atomic E-state index is 0. The lowest BCUT2D eigenvalue weighted by Gasteiger charge is -2.24. The lowest BCUT2D eigenvalue weighted by Crippen LogP contribution is -2.34. The van der Waals surface area contributed by atoms with Gasteiger partial charge in [0.15, 0.2) is 0 Å². The highest BCUT2D eigenvalue weighted by atomic mass is 35.5. The standard InChI is InChI=1S/C20H23N3O2.ClH/c24-19(20(10-11-20)15-5-2-1-3-6-15)23-17-7-4-12-22-18(17)25-16-8-13-21-14-9-16;/h1-7,12,16,21H,8-11,13-14H2,(H,23,24);1H. The first-order chi connectivity index (χ1) is 12.3. The number of rotatable bonds is 5. The first kappa shape index (κ1) is 18.7. The molecular weight excluding hydrogens is 350 g/mol. The van der Waals surface area contributed by atoms with E-state index in [9.17, 15) is 4.79 Å². The van der Waals surface area contributed by atoms with Crippen molar-refractivity contribution in [3.05, 3.63) is 54.2 Å². The minimum atomic E-state index is -0.400. The molecule has 1 aromatic heterocycles. The van der Waals surface area contributed by atoms with Crippen LogP contribution in [0.4, 0.5) is 5.69 Å². The number of nitrogens with zero attached hydrogens (tertiary/aromatic N) is 1. The monoisotopic (exact) mass is 373 g/mol. The Labute approximate surface area is 160 Å². The van der Waals surface area contributed by atoms with E-state index >= 15 is 0 Å². The maximum absolute atomic E-state index is 12.9. The number of benzene rings is 1. The predicted molar refractivity (Wildman–Crippen MR) is 104 cm³/mol. The van der Waals surface area contributed by atoms with Gasteiger partial charge in [-0.05, 0) is 56.5 Å². The lowest BCUT2D eigenvalue weighted by molar-refractivity contribution is -0.118. The lowest BCUT2D eigenvalue weighted by atomic mass is 9.95. The molecule has 2 fully saturated rings. The average Bonchev–Trinajstić information content (AvgIpc) is 3.47. The summed E-state index contributed by atoms with van der Waals surface area (Å²) >= 11 is 0. The summed E-state index contributed by atoms with van der Waals surface area (Å²) in [4.78, 5) is 17.3. The van der Waals surface area contributed by atoms with Crippen molar-refractivity contribution in [2.75, 3.05) is 18.4 Å². The quantitative estimate of drug-likeness (QED) is 0.844. The molecule has 2 aromatic rings. The molecule has 1 aliphatic carbocycles. The highest BCUT2D eigenvalue weighted by Crippen LogP contribution is 2.49. The number of nitrogens with one attached hydrogen (secondary N) is 2. The van der Waals surface area contributed by atoms with Crippen molar-refractivity contribution >= 4 is 24.0 Å². The Bertz CT molecular complexity index is 744. The molecule has 1 saturated carbocycles. The third kappa shape index (κ3) is 3.84. The minimum Gasteiger partial charge on any atom is -0.473 e. The van der Waals surface area contributed by atoms with Crippen molar-refractivity contribution in [1.82, 2.24) is 10.3 Å². The SMILES string of the molecule is Cl.O=C(Nc1cccnc1OC1CCNCC1)C1(c2ccccc2)CC1. The number of hydrogen-bond acceptors (Lipinski definition) is 4. The largest absolute Gasteiger partial charge is 0.473 e. The zero-order chi connectivity index (χ0) is 17.1. The Morgan fingerprint density at radius 2 is 1.85 bits per heavy atom. The molecule has 0 bridgehead atoms. The molecule has 6 heteroatoms. The van der Waals surface area contributed by atoms with Crippen LogP contribution in [0.2, 0.25) is 0 Å². The maximum Gasteiger partial charge on any atom is 0.238 e. The smallest absolute Gasteiger partial charge is 0.238 e. The third-order valence-electron chi connectivity index (χ3n) is 5.09. The van der Waals surface area contributed by atoms with Crippen molar-refractivity contribution in [1.29, 1.82) is 0 Å². The molecule has 5 nitrogen and oxygen atoms in total. The van der Waals surface area contributed by atoms with Crippen LogP contribution < -0.4 is 15.4 Å². The predicted octanol–water partition coefficient (Wildman–Crippen LogP) is 3.30. The van der Waals surface area contributed by atoms with E-state index in [4.69, 9.17) is 4.74 Å². The van der Waals surface area contributed by atoms with E-state index in [0.29, 0.717) is 11.6 Å². The van der Waals surface area contributed by atoms with Gasteiger partial charge >= 0.3 is 0 Å². The summed E-state index contributed by atoms with van der Waals surface area (Å²) in [5, 5.41) is 6.38. The summed E-state index contributed by atoms with van der Waals surface area (Å²) in [7, 11) is 0. The second-order valence-corrected chi connectivity index (χ2v) is 6.83. The van der Waals surface area contributed by atoms with E-state index in [-0.39, 0.29) is 24.4 Å². The number of ether oxygens (including phenoxy) is 1. The molecule has 0 radical (unpaired) electrons. The Kier molecular flexibility index (Phi) is 5.79. The number of anilines is 1. The molecule has 1 saturated heterocycles. The normalized spacial score (nSPS) is 18.5. The summed E-state index contributed by atoms with van der Waals surface area (Å²) in [6.45, 7) is 1.91. The first-order valence-corrected chi connectivity index (χ1v) is 8.97. The molecule has 1 aliphatic heterocycles. The van der Waals surface area contributed by atoms with Crippen LogP contribution >= 0.6 is 12.4 Å². The van der Waals surface area contributed by atoms with Crippen molar-refractivity contribution in [2.45, 2.75) is 37.2 Å². The molecule has 0 atom stereocenters. The van der Waals surface area contributed by atoms with Crippen molar-refractivity contribution < 1.29 is 9.53 Å². The number of pyridine rings is 1. The number of aromatic nitrogens is 1. The highest BCUT2D eigenvalue weighted by molar-refractivity contribution is 6.02. The number of hydrogen-bond donors (Lipinski definition) is 2. The molecule has 0 unspecified atom stereocenters. The van der Waals surface area contributed by atoms with Gasteiger partial charge in [0.05, 0.1) is 5.41 Å². The van der Waals surface area contributed by atoms with Crippen molar-refractivity contribution in [3.63, 3.8) is 0 Å². The summed E-state index contributed by atoms with van der Waals surface area (Å²) in [5.74, 6) is 0.550. The van der Waals surface area contributed by atoms with Gasteiger partial charge in [0.25, 0.3) is 0 Å². The molecule has 26 heavy (non-hydrogen) atoms. The van der Waals surface area contributed by atoms with Gasteiger partial charge in [-0.1, -0.05) is 30.3 Å². The van der Waals surface area contributed by atoms with Crippen LogP contribution in [-0.2, 0) is 10.2 Å². The van der Waals surface area contributed by atoms with Gasteiger partial charge in [-0.25, -0.2) is 4.98 Å². The van der Waals surface area contributed by atoms with Crippen LogP contribution in [0.25, 0.3) is 0 Å². The van der Waals surface area contributed by atoms with Gasteiger partial charge in [-0.3, -0.25) is 4.79 Å². The van der Waals surface area contributed by atoms with Crippen LogP contribution in [0.5, 0.6) is 5.88 Å². The summed E-state index contributed by atoms with van der Waals surface area (Å²) in [6.07, 6.45) is 5.53. The molecule has 4 rings (SSSR count). The number of halogens is 1. The molecular formula is C20H24ClN3O2. The van der Waals surface area contributed by atoms with Gasteiger partial charge < -0.3 is 15.4 Å². The van der Waals surface area contributed by atoms with Crippen LogP contribution in [-0.4, -0.2) is 30.1 Å². The van der Waals surface area contributed by atoms with Crippen LogP contribution in [0.15, 0.2) is 48.7 Å². The fourth-order valence-corrected chi connectivity index (χ4v) is 3.42. The molecule has 2 heterocycles. The first-order valence-electron chi connectivity index (χ1n) is 8.97. The van der Waals surface area contributed by atoms with E-state index in [0.717, 1.165) is 44.3 Å². The Balaban J connectivity index is 0.00000196. The van der Waals surface area contributed by atoms with Gasteiger partial charge in [0.1, 0.15) is 11.8 Å². The van der Waals surface area contributed by atoms with E-state index < -0.39 is 5.41 Å². The summed E-state index contributed by atoms with van der Waals surface area (Å²) in [6, 6.07) is 13.7. The second kappa shape index (κ2) is 8.06. The molecule has 138 valence electrons. The average molecular weight is 374 g/mol. The van der Waals surface area contributed by atoms with Gasteiger partial charge in [-0.2, -0.15) is 0 Å². The van der Waals surface area contributed by atoms with Crippen LogP contribution in [0.3, 0.4) is 0 Å². The van der Waals surface area contributed by atoms with Gasteiger partial charge in [0, 0.05) is 6.20 Å². The van der Waals surface area contributed by atoms with Crippen molar-refractivity contribution in [3.8, 4) is 5.88 Å². The number of carbonyl (C=O) groups excluding carboxylic acids is 1. The number of carbonyl (C=O) groups is 1. The number of amides is 1. The third-order valence-corrected chi connectivity index (χ3v) is 5.09. The van der Waals surface area contributed by atoms with Crippen LogP contribution in [0.1, 0.15) is 31.2 Å². The molecule has 0 spiro atoms. The summed E-state index contributed by atoms with van der Waals surface area (Å²) in [5.41, 5.74) is 1.34. The fourth-order valence-electron chi connectivity index (χ4n) is 3.42. The number of piperidine rings is 1. The Hall–Kier alpha value is -2.11. The maximum atomic E-state index is 12.9. The highest BCUT2D eigenvalue weighted by Gasteiger charge is 2.51. The molecule has 1 amide bonds. The van der Waals surface area contributed by atoms with E-state index in [1.165, 1.54) is 0 Å². The molecule has 1 aromatic carbocycles. The Morgan fingerprint density at radius 3 is 2.54 bits per heavy atom. The van der Waals surface area contributed by atoms with E-state index in [2.05, 4.69) is 15.6 Å². The zero-order valence-electron chi connectivity index (χ0n) is 14.6. The van der Waals surface area contributed by atoms with Crippen LogP contribution in [0, 0.1) is 0 Å². The zero-order valence-corrected chi connectivity index (χ0v) is 15.4. The fraction of sp³-hybridized carbons (Fsp3) is 0.400. The molecule has 2 aliphatic rings. The van der Waals surface area contributed by atoms with Gasteiger partial charge in [0.2, 0.25) is 11.8 Å².